The summed E-state index contributed by atoms with van der Waals surface area (Å²) in [6.07, 6.45) is 0. The Kier molecular flexibility index (Phi) is 8.25. The van der Waals surface area contributed by atoms with Crippen molar-refractivity contribution in [3.63, 3.8) is 0 Å². The average molecular weight is 567 g/mol. The Hall–Kier alpha value is -5.49. The zero-order valence-corrected chi connectivity index (χ0v) is 22.9. The molecule has 0 saturated heterocycles. The number of nitriles is 1. The Morgan fingerprint density at radius 3 is 2.50 bits per heavy atom. The van der Waals surface area contributed by atoms with Crippen LogP contribution in [0.1, 0.15) is 39.9 Å². The summed E-state index contributed by atoms with van der Waals surface area (Å²) in [4.78, 5) is 12.8. The normalized spacial score (nSPS) is 13.8. The van der Waals surface area contributed by atoms with Crippen LogP contribution >= 0.6 is 0 Å². The van der Waals surface area contributed by atoms with E-state index < -0.39 is 11.9 Å². The zero-order chi connectivity index (χ0) is 29.6. The monoisotopic (exact) mass is 566 g/mol. The first-order valence-corrected chi connectivity index (χ1v) is 13.1. The summed E-state index contributed by atoms with van der Waals surface area (Å²) >= 11 is 0. The van der Waals surface area contributed by atoms with E-state index in [-0.39, 0.29) is 35.2 Å². The van der Waals surface area contributed by atoms with Crippen LogP contribution < -0.4 is 29.4 Å². The van der Waals surface area contributed by atoms with E-state index in [4.69, 9.17) is 29.4 Å². The highest BCUT2D eigenvalue weighted by molar-refractivity contribution is 5.94. The molecule has 0 saturated carbocycles. The molecule has 8 nitrogen and oxygen atoms in total. The lowest BCUT2D eigenvalue weighted by Crippen LogP contribution is -2.21. The quantitative estimate of drug-likeness (QED) is 0.187. The number of hydrogen-bond donors (Lipinski definition) is 1. The van der Waals surface area contributed by atoms with Crippen molar-refractivity contribution in [2.75, 3.05) is 13.7 Å². The maximum absolute atomic E-state index is 13.3. The Morgan fingerprint density at radius 2 is 1.76 bits per heavy atom. The summed E-state index contributed by atoms with van der Waals surface area (Å²) in [6, 6.07) is 25.2. The minimum absolute atomic E-state index is 0.0576. The number of benzene rings is 4. The van der Waals surface area contributed by atoms with Gasteiger partial charge in [0.25, 0.3) is 0 Å². The number of halogens is 1. The molecule has 1 heterocycles. The van der Waals surface area contributed by atoms with E-state index in [2.05, 4.69) is 6.07 Å². The van der Waals surface area contributed by atoms with Gasteiger partial charge in [0.05, 0.1) is 19.6 Å². The number of nitrogens with two attached hydrogens (primary N) is 1. The minimum atomic E-state index is -0.599. The molecule has 212 valence electrons. The van der Waals surface area contributed by atoms with Crippen molar-refractivity contribution in [2.24, 2.45) is 5.73 Å². The van der Waals surface area contributed by atoms with E-state index in [1.807, 2.05) is 13.0 Å². The van der Waals surface area contributed by atoms with Gasteiger partial charge < -0.3 is 29.4 Å². The molecule has 0 fully saturated rings. The highest BCUT2D eigenvalue weighted by Gasteiger charge is 2.32. The number of carbonyl (C=O) groups is 1. The molecule has 9 heteroatoms. The van der Waals surface area contributed by atoms with Crippen molar-refractivity contribution >= 4 is 5.97 Å². The summed E-state index contributed by atoms with van der Waals surface area (Å²) in [5.41, 5.74) is 8.85. The van der Waals surface area contributed by atoms with Gasteiger partial charge in [0.15, 0.2) is 11.5 Å². The molecule has 0 spiro atoms. The SMILES string of the molecule is CCOc1cc(C2C(C#N)=C(N)Oc3cc(OC(=O)c4ccccc4OC)ccc32)ccc1OCc1ccc(F)cc1. The lowest BCUT2D eigenvalue weighted by Gasteiger charge is -2.27. The maximum Gasteiger partial charge on any atom is 0.347 e. The Labute approximate surface area is 242 Å². The first-order chi connectivity index (χ1) is 20.4. The Balaban J connectivity index is 1.45. The fraction of sp³-hybridized carbons (Fsp3) is 0.152. The van der Waals surface area contributed by atoms with Gasteiger partial charge in [-0.25, -0.2) is 9.18 Å². The van der Waals surface area contributed by atoms with E-state index in [0.29, 0.717) is 35.2 Å². The van der Waals surface area contributed by atoms with Crippen LogP contribution in [0.3, 0.4) is 0 Å². The molecule has 42 heavy (non-hydrogen) atoms. The van der Waals surface area contributed by atoms with Crippen molar-refractivity contribution < 1.29 is 32.9 Å². The van der Waals surface area contributed by atoms with E-state index in [1.165, 1.54) is 19.2 Å². The number of fused-ring (bicyclic) bond motifs is 1. The molecule has 1 unspecified atom stereocenters. The van der Waals surface area contributed by atoms with Crippen molar-refractivity contribution in [3.8, 4) is 34.8 Å². The van der Waals surface area contributed by atoms with Crippen molar-refractivity contribution in [3.05, 3.63) is 124 Å². The fourth-order valence-corrected chi connectivity index (χ4v) is 4.65. The molecule has 0 bridgehead atoms. The second-order valence-electron chi connectivity index (χ2n) is 9.27. The van der Waals surface area contributed by atoms with Gasteiger partial charge in [-0.15, -0.1) is 0 Å². The summed E-state index contributed by atoms with van der Waals surface area (Å²) in [6.45, 7) is 2.45. The van der Waals surface area contributed by atoms with Gasteiger partial charge in [-0.3, -0.25) is 0 Å². The van der Waals surface area contributed by atoms with E-state index in [1.54, 1.807) is 66.7 Å². The van der Waals surface area contributed by atoms with Crippen molar-refractivity contribution in [1.29, 1.82) is 5.26 Å². The molecule has 5 rings (SSSR count). The maximum atomic E-state index is 13.3. The van der Waals surface area contributed by atoms with Gasteiger partial charge in [-0.05, 0) is 60.5 Å². The van der Waals surface area contributed by atoms with Crippen LogP contribution in [0.2, 0.25) is 0 Å². The topological polar surface area (TPSA) is 113 Å². The number of rotatable bonds is 9. The first-order valence-electron chi connectivity index (χ1n) is 13.1. The number of allylic oxidation sites excluding steroid dienone is 1. The van der Waals surface area contributed by atoms with Gasteiger partial charge in [0, 0.05) is 11.6 Å². The molecule has 0 radical (unpaired) electrons. The molecule has 0 amide bonds. The summed E-state index contributed by atoms with van der Waals surface area (Å²) < 4.78 is 41.8. The smallest absolute Gasteiger partial charge is 0.347 e. The average Bonchev–Trinajstić information content (AvgIpc) is 3.00. The predicted molar refractivity (Wildman–Crippen MR) is 152 cm³/mol. The van der Waals surface area contributed by atoms with Crippen LogP contribution in [0, 0.1) is 17.1 Å². The van der Waals surface area contributed by atoms with Gasteiger partial charge >= 0.3 is 5.97 Å². The van der Waals surface area contributed by atoms with Gasteiger partial charge in [0.1, 0.15) is 46.9 Å². The number of nitrogens with zero attached hydrogens (tertiary/aromatic N) is 1. The van der Waals surface area contributed by atoms with Crippen LogP contribution in [-0.2, 0) is 6.61 Å². The van der Waals surface area contributed by atoms with Crippen LogP contribution in [0.15, 0.2) is 96.4 Å². The molecular weight excluding hydrogens is 539 g/mol. The molecule has 4 aromatic carbocycles. The molecule has 0 aromatic heterocycles. The standard InChI is InChI=1S/C33H27FN2O6/c1-3-39-30-16-21(10-15-28(30)40-19-20-8-11-22(34)12-9-20)31-24-14-13-23(17-29(24)42-32(36)26(31)18-35)41-33(37)25-6-4-5-7-27(25)38-2/h4-17,31H,3,19,36H2,1-2H3. The third kappa shape index (κ3) is 5.83. The van der Waals surface area contributed by atoms with Gasteiger partial charge in [-0.2, -0.15) is 5.26 Å². The highest BCUT2D eigenvalue weighted by Crippen LogP contribution is 2.45. The largest absolute Gasteiger partial charge is 0.496 e. The number of hydrogen-bond acceptors (Lipinski definition) is 8. The Morgan fingerprint density at radius 1 is 0.976 bits per heavy atom. The second-order valence-corrected chi connectivity index (χ2v) is 9.27. The highest BCUT2D eigenvalue weighted by atomic mass is 19.1. The molecule has 0 aliphatic carbocycles. The van der Waals surface area contributed by atoms with Gasteiger partial charge in [0.2, 0.25) is 5.88 Å². The molecule has 2 N–H and O–H groups in total. The number of methoxy groups -OCH3 is 1. The molecular formula is C33H27FN2O6. The lowest BCUT2D eigenvalue weighted by molar-refractivity contribution is 0.0731. The van der Waals surface area contributed by atoms with Crippen LogP contribution in [-0.4, -0.2) is 19.7 Å². The Bertz CT molecular complexity index is 1690. The molecule has 1 aliphatic heterocycles. The number of carbonyl (C=O) groups excluding carboxylic acids is 1. The summed E-state index contributed by atoms with van der Waals surface area (Å²) in [7, 11) is 1.47. The third-order valence-electron chi connectivity index (χ3n) is 6.64. The van der Waals surface area contributed by atoms with E-state index >= 15 is 0 Å². The van der Waals surface area contributed by atoms with Crippen molar-refractivity contribution in [2.45, 2.75) is 19.4 Å². The van der Waals surface area contributed by atoms with Gasteiger partial charge in [-0.1, -0.05) is 36.4 Å². The van der Waals surface area contributed by atoms with Crippen LogP contribution in [0.5, 0.6) is 28.7 Å². The first kappa shape index (κ1) is 28.1. The van der Waals surface area contributed by atoms with Crippen molar-refractivity contribution in [1.82, 2.24) is 0 Å². The van der Waals surface area contributed by atoms with Crippen LogP contribution in [0.4, 0.5) is 4.39 Å². The number of esters is 1. The van der Waals surface area contributed by atoms with E-state index in [0.717, 1.165) is 11.1 Å². The molecule has 4 aromatic rings. The predicted octanol–water partition coefficient (Wildman–Crippen LogP) is 6.25. The van der Waals surface area contributed by atoms with E-state index in [9.17, 15) is 14.4 Å². The van der Waals surface area contributed by atoms with Crippen LogP contribution in [0.25, 0.3) is 0 Å². The third-order valence-corrected chi connectivity index (χ3v) is 6.64. The lowest BCUT2D eigenvalue weighted by atomic mass is 9.83. The summed E-state index contributed by atoms with van der Waals surface area (Å²) in [5, 5.41) is 9.99. The number of para-hydroxylation sites is 1. The zero-order valence-electron chi connectivity index (χ0n) is 22.9. The number of ether oxygens (including phenoxy) is 5. The molecule has 1 atom stereocenters. The fourth-order valence-electron chi connectivity index (χ4n) is 4.65. The minimum Gasteiger partial charge on any atom is -0.496 e. The summed E-state index contributed by atoms with van der Waals surface area (Å²) in [5.74, 6) is 0.372. The second kappa shape index (κ2) is 12.4. The molecule has 1 aliphatic rings.